The molecule has 3 nitrogen and oxygen atoms in total. The minimum absolute atomic E-state index is 0.289. The molecule has 0 atom stereocenters. The van der Waals surface area contributed by atoms with Gasteiger partial charge in [-0.15, -0.1) is 0 Å². The molecule has 126 valence electrons. The van der Waals surface area contributed by atoms with E-state index in [0.717, 1.165) is 28.0 Å². The number of imidazole rings is 1. The van der Waals surface area contributed by atoms with Crippen molar-refractivity contribution in [3.05, 3.63) is 71.5 Å². The number of benzene rings is 3. The zero-order chi connectivity index (χ0) is 17.4. The van der Waals surface area contributed by atoms with Crippen LogP contribution >= 0.6 is 11.6 Å². The Morgan fingerprint density at radius 1 is 1.04 bits per heavy atom. The zero-order valence-electron chi connectivity index (χ0n) is 14.2. The SMILES string of the molecule is CC(C)n1c(COc2cccc3ccccc23)nc2cc(Cl)ccc21. The van der Waals surface area contributed by atoms with E-state index in [1.807, 2.05) is 42.5 Å². The number of nitrogens with zero attached hydrogens (tertiary/aromatic N) is 2. The molecule has 4 aromatic rings. The van der Waals surface area contributed by atoms with Gasteiger partial charge in [-0.05, 0) is 43.5 Å². The smallest absolute Gasteiger partial charge is 0.148 e. The Hall–Kier alpha value is -2.52. The van der Waals surface area contributed by atoms with Gasteiger partial charge in [-0.3, -0.25) is 0 Å². The topological polar surface area (TPSA) is 27.1 Å². The molecule has 0 unspecified atom stereocenters. The Kier molecular flexibility index (Phi) is 4.10. The number of hydrogen-bond donors (Lipinski definition) is 0. The third-order valence-corrected chi connectivity index (χ3v) is 4.58. The molecule has 0 aliphatic rings. The van der Waals surface area contributed by atoms with Crippen LogP contribution in [0.3, 0.4) is 0 Å². The van der Waals surface area contributed by atoms with E-state index in [9.17, 15) is 0 Å². The van der Waals surface area contributed by atoms with Crippen LogP contribution in [0, 0.1) is 0 Å². The fraction of sp³-hybridized carbons (Fsp3) is 0.190. The van der Waals surface area contributed by atoms with Crippen molar-refractivity contribution >= 4 is 33.4 Å². The quantitative estimate of drug-likeness (QED) is 0.451. The molecule has 4 heteroatoms. The average Bonchev–Trinajstić information content (AvgIpc) is 2.97. The maximum atomic E-state index is 6.14. The van der Waals surface area contributed by atoms with Gasteiger partial charge in [-0.25, -0.2) is 4.98 Å². The molecule has 3 aromatic carbocycles. The van der Waals surface area contributed by atoms with Crippen molar-refractivity contribution < 1.29 is 4.74 Å². The third kappa shape index (κ3) is 2.96. The Morgan fingerprint density at radius 2 is 1.84 bits per heavy atom. The highest BCUT2D eigenvalue weighted by Gasteiger charge is 2.14. The van der Waals surface area contributed by atoms with E-state index < -0.39 is 0 Å². The molecular formula is C21H19ClN2O. The monoisotopic (exact) mass is 350 g/mol. The first kappa shape index (κ1) is 16.0. The lowest BCUT2D eigenvalue weighted by molar-refractivity contribution is 0.291. The van der Waals surface area contributed by atoms with Crippen LogP contribution in [0.1, 0.15) is 25.7 Å². The van der Waals surface area contributed by atoms with Crippen molar-refractivity contribution in [3.63, 3.8) is 0 Å². The number of hydrogen-bond acceptors (Lipinski definition) is 2. The molecule has 0 fully saturated rings. The second-order valence-corrected chi connectivity index (χ2v) is 6.83. The van der Waals surface area contributed by atoms with E-state index in [1.165, 1.54) is 5.39 Å². The first-order valence-corrected chi connectivity index (χ1v) is 8.78. The Labute approximate surface area is 151 Å². The zero-order valence-corrected chi connectivity index (χ0v) is 15.0. The van der Waals surface area contributed by atoms with Crippen molar-refractivity contribution in [1.29, 1.82) is 0 Å². The number of ether oxygens (including phenoxy) is 1. The summed E-state index contributed by atoms with van der Waals surface area (Å²) in [5.74, 6) is 1.78. The number of aromatic nitrogens is 2. The van der Waals surface area contributed by atoms with Crippen LogP contribution < -0.4 is 4.74 Å². The summed E-state index contributed by atoms with van der Waals surface area (Å²) in [5.41, 5.74) is 1.98. The molecule has 0 saturated carbocycles. The summed E-state index contributed by atoms with van der Waals surface area (Å²) in [6.07, 6.45) is 0. The van der Waals surface area contributed by atoms with Crippen LogP contribution in [0.2, 0.25) is 5.02 Å². The molecule has 0 N–H and O–H groups in total. The molecule has 1 heterocycles. The van der Waals surface area contributed by atoms with Gasteiger partial charge >= 0.3 is 0 Å². The van der Waals surface area contributed by atoms with Crippen molar-refractivity contribution in [2.75, 3.05) is 0 Å². The predicted octanol–water partition coefficient (Wildman–Crippen LogP) is 6.00. The van der Waals surface area contributed by atoms with Gasteiger partial charge in [0.25, 0.3) is 0 Å². The van der Waals surface area contributed by atoms with E-state index in [4.69, 9.17) is 21.3 Å². The van der Waals surface area contributed by atoms with Crippen LogP contribution in [-0.2, 0) is 6.61 Å². The fourth-order valence-corrected chi connectivity index (χ4v) is 3.43. The summed E-state index contributed by atoms with van der Waals surface area (Å²) in [4.78, 5) is 4.74. The number of fused-ring (bicyclic) bond motifs is 2. The van der Waals surface area contributed by atoms with Crippen molar-refractivity contribution in [3.8, 4) is 5.75 Å². The Bertz CT molecular complexity index is 1050. The van der Waals surface area contributed by atoms with Gasteiger partial charge in [0.05, 0.1) is 11.0 Å². The molecule has 0 aliphatic carbocycles. The van der Waals surface area contributed by atoms with Gasteiger partial charge < -0.3 is 9.30 Å². The van der Waals surface area contributed by atoms with Gasteiger partial charge in [0.15, 0.2) is 0 Å². The van der Waals surface area contributed by atoms with Crippen molar-refractivity contribution in [1.82, 2.24) is 9.55 Å². The van der Waals surface area contributed by atoms with Gasteiger partial charge in [0, 0.05) is 16.5 Å². The average molecular weight is 351 g/mol. The van der Waals surface area contributed by atoms with Crippen LogP contribution in [0.5, 0.6) is 5.75 Å². The van der Waals surface area contributed by atoms with Crippen molar-refractivity contribution in [2.24, 2.45) is 0 Å². The summed E-state index contributed by atoms with van der Waals surface area (Å²) in [6, 6.07) is 20.5. The van der Waals surface area contributed by atoms with Crippen LogP contribution in [0.25, 0.3) is 21.8 Å². The largest absolute Gasteiger partial charge is 0.485 e. The minimum Gasteiger partial charge on any atom is -0.485 e. The number of halogens is 1. The maximum Gasteiger partial charge on any atom is 0.148 e. The molecule has 25 heavy (non-hydrogen) atoms. The lowest BCUT2D eigenvalue weighted by Gasteiger charge is -2.14. The minimum atomic E-state index is 0.289. The highest BCUT2D eigenvalue weighted by molar-refractivity contribution is 6.31. The standard InChI is InChI=1S/C21H19ClN2O/c1-14(2)24-19-11-10-16(22)12-18(19)23-21(24)13-25-20-9-5-7-15-6-3-4-8-17(15)20/h3-12,14H,13H2,1-2H3. The highest BCUT2D eigenvalue weighted by atomic mass is 35.5. The molecule has 0 bridgehead atoms. The molecule has 0 amide bonds. The van der Waals surface area contributed by atoms with Gasteiger partial charge in [0.1, 0.15) is 18.2 Å². The lowest BCUT2D eigenvalue weighted by atomic mass is 10.1. The Balaban J connectivity index is 1.72. The summed E-state index contributed by atoms with van der Waals surface area (Å²) >= 11 is 6.12. The van der Waals surface area contributed by atoms with E-state index in [2.05, 4.69) is 36.6 Å². The van der Waals surface area contributed by atoms with E-state index in [0.29, 0.717) is 11.6 Å². The van der Waals surface area contributed by atoms with Crippen molar-refractivity contribution in [2.45, 2.75) is 26.5 Å². The predicted molar refractivity (Wildman–Crippen MR) is 103 cm³/mol. The van der Waals surface area contributed by atoms with E-state index in [-0.39, 0.29) is 6.04 Å². The van der Waals surface area contributed by atoms with Crippen LogP contribution in [-0.4, -0.2) is 9.55 Å². The highest BCUT2D eigenvalue weighted by Crippen LogP contribution is 2.28. The van der Waals surface area contributed by atoms with Gasteiger partial charge in [-0.1, -0.05) is 48.0 Å². The van der Waals surface area contributed by atoms with Gasteiger partial charge in [0.2, 0.25) is 0 Å². The Morgan fingerprint density at radius 3 is 2.68 bits per heavy atom. The molecule has 0 radical (unpaired) electrons. The van der Waals surface area contributed by atoms with E-state index >= 15 is 0 Å². The summed E-state index contributed by atoms with van der Waals surface area (Å²) in [6.45, 7) is 4.72. The summed E-state index contributed by atoms with van der Waals surface area (Å²) in [7, 11) is 0. The lowest BCUT2D eigenvalue weighted by Crippen LogP contribution is -2.09. The van der Waals surface area contributed by atoms with E-state index in [1.54, 1.807) is 0 Å². The molecule has 0 saturated heterocycles. The second kappa shape index (κ2) is 6.41. The summed E-state index contributed by atoms with van der Waals surface area (Å²) < 4.78 is 8.34. The van der Waals surface area contributed by atoms with Crippen LogP contribution in [0.4, 0.5) is 0 Å². The molecule has 1 aromatic heterocycles. The molecule has 4 rings (SSSR count). The number of rotatable bonds is 4. The van der Waals surface area contributed by atoms with Crippen LogP contribution in [0.15, 0.2) is 60.7 Å². The first-order valence-electron chi connectivity index (χ1n) is 8.40. The molecular weight excluding hydrogens is 332 g/mol. The second-order valence-electron chi connectivity index (χ2n) is 6.39. The first-order chi connectivity index (χ1) is 12.1. The molecule has 0 aliphatic heterocycles. The molecule has 0 spiro atoms. The summed E-state index contributed by atoms with van der Waals surface area (Å²) in [5, 5.41) is 2.98. The normalized spacial score (nSPS) is 11.5. The third-order valence-electron chi connectivity index (χ3n) is 4.35. The van der Waals surface area contributed by atoms with Gasteiger partial charge in [-0.2, -0.15) is 0 Å². The maximum absolute atomic E-state index is 6.14. The fourth-order valence-electron chi connectivity index (χ4n) is 3.26.